The molecular formula is C22H23F3NO3PS. The van der Waals surface area contributed by atoms with Crippen LogP contribution in [0, 0.1) is 5.82 Å². The smallest absolute Gasteiger partial charge is 0.300 e. The maximum atomic E-state index is 14.4. The lowest BCUT2D eigenvalue weighted by Crippen LogP contribution is -2.10. The molecule has 31 heavy (non-hydrogen) atoms. The number of benzene rings is 2. The van der Waals surface area contributed by atoms with Crippen molar-refractivity contribution in [1.82, 2.24) is 4.98 Å². The molecule has 0 saturated heterocycles. The van der Waals surface area contributed by atoms with E-state index >= 15 is 0 Å². The number of hydrogen-bond donors (Lipinski definition) is 0. The van der Waals surface area contributed by atoms with Gasteiger partial charge in [0.2, 0.25) is 5.88 Å². The Hall–Kier alpha value is -2.44. The van der Waals surface area contributed by atoms with Crippen LogP contribution in [-0.2, 0) is 15.5 Å². The third kappa shape index (κ3) is 5.83. The summed E-state index contributed by atoms with van der Waals surface area (Å²) >= 11 is 0. The maximum Gasteiger partial charge on any atom is 0.300 e. The van der Waals surface area contributed by atoms with E-state index in [0.29, 0.717) is 16.7 Å². The molecule has 2 aromatic carbocycles. The minimum absolute atomic E-state index is 0.0322. The van der Waals surface area contributed by atoms with Crippen LogP contribution >= 0.6 is 9.24 Å². The van der Waals surface area contributed by atoms with Crippen LogP contribution in [0.5, 0.6) is 5.88 Å². The average Bonchev–Trinajstić information content (AvgIpc) is 2.74. The van der Waals surface area contributed by atoms with Crippen molar-refractivity contribution in [2.24, 2.45) is 0 Å². The lowest BCUT2D eigenvalue weighted by atomic mass is 9.93. The highest BCUT2D eigenvalue weighted by molar-refractivity contribution is 7.90. The quantitative estimate of drug-likeness (QED) is 0.436. The summed E-state index contributed by atoms with van der Waals surface area (Å²) in [5.41, 5.74) is -2.69. The molecule has 0 fully saturated rings. The fourth-order valence-electron chi connectivity index (χ4n) is 2.89. The summed E-state index contributed by atoms with van der Waals surface area (Å²) < 4.78 is 70.7. The number of hydrogen-bond acceptors (Lipinski definition) is 4. The lowest BCUT2D eigenvalue weighted by molar-refractivity contribution is 0.0986. The van der Waals surface area contributed by atoms with Crippen molar-refractivity contribution in [3.8, 4) is 28.1 Å². The van der Waals surface area contributed by atoms with Crippen molar-refractivity contribution in [1.29, 1.82) is 0 Å². The molecule has 0 aliphatic carbocycles. The van der Waals surface area contributed by atoms with Gasteiger partial charge in [0.15, 0.2) is 9.84 Å². The van der Waals surface area contributed by atoms with E-state index in [2.05, 4.69) is 4.98 Å². The summed E-state index contributed by atoms with van der Waals surface area (Å²) in [7, 11) is -0.663. The molecule has 4 nitrogen and oxygen atoms in total. The fraction of sp³-hybridized carbons (Fsp3) is 0.227. The zero-order valence-electron chi connectivity index (χ0n) is 17.5. The van der Waals surface area contributed by atoms with Crippen molar-refractivity contribution in [3.63, 3.8) is 0 Å². The molecule has 0 radical (unpaired) electrons. The lowest BCUT2D eigenvalue weighted by Gasteiger charge is -2.20. The first-order valence-corrected chi connectivity index (χ1v) is 11.8. The molecule has 0 aliphatic heterocycles. The summed E-state index contributed by atoms with van der Waals surface area (Å²) in [6.07, 6.45) is 1.08. The second kappa shape index (κ2) is 9.79. The molecule has 1 aromatic heterocycles. The summed E-state index contributed by atoms with van der Waals surface area (Å²) in [5.74, 6) is -0.538. The summed E-state index contributed by atoms with van der Waals surface area (Å²) in [4.78, 5) is 4.02. The van der Waals surface area contributed by atoms with Gasteiger partial charge in [-0.05, 0) is 41.0 Å². The number of ether oxygens (including phenoxy) is 1. The molecule has 0 N–H and O–H groups in total. The predicted octanol–water partition coefficient (Wildman–Crippen LogP) is 5.92. The molecule has 1 unspecified atom stereocenters. The Morgan fingerprint density at radius 1 is 0.968 bits per heavy atom. The van der Waals surface area contributed by atoms with Gasteiger partial charge in [0.1, 0.15) is 11.5 Å². The zero-order chi connectivity index (χ0) is 23.4. The van der Waals surface area contributed by atoms with E-state index in [1.54, 1.807) is 0 Å². The number of rotatable bonds is 5. The summed E-state index contributed by atoms with van der Waals surface area (Å²) in [6, 6.07) is 12.4. The van der Waals surface area contributed by atoms with Crippen molar-refractivity contribution >= 4 is 19.1 Å². The number of halogens is 3. The Labute approximate surface area is 182 Å². The van der Waals surface area contributed by atoms with E-state index in [1.165, 1.54) is 70.9 Å². The number of nitrogens with zero attached hydrogens (tertiary/aromatic N) is 1. The Bertz CT molecular complexity index is 1140. The monoisotopic (exact) mass is 469 g/mol. The van der Waals surface area contributed by atoms with Crippen LogP contribution in [-0.4, -0.2) is 26.8 Å². The standard InChI is InChI=1S/C20H17F3NO3PS.C2H6/c1-27-17-11-16(12-5-9-15(10-6-12)29(2,25)26)18(19(24-17)20(22,23)28)13-3-7-14(21)8-4-13;1-2/h3-11H,28H2,1-2H3;1-2H3. The van der Waals surface area contributed by atoms with Crippen LogP contribution in [0.4, 0.5) is 13.2 Å². The van der Waals surface area contributed by atoms with Crippen molar-refractivity contribution in [2.45, 2.75) is 24.4 Å². The molecule has 0 bridgehead atoms. The molecule has 166 valence electrons. The second-order valence-electron chi connectivity index (χ2n) is 6.36. The van der Waals surface area contributed by atoms with Crippen LogP contribution in [0.3, 0.4) is 0 Å². The van der Waals surface area contributed by atoms with Crippen molar-refractivity contribution in [2.75, 3.05) is 13.4 Å². The van der Waals surface area contributed by atoms with Crippen molar-refractivity contribution < 1.29 is 26.3 Å². The average molecular weight is 469 g/mol. The maximum absolute atomic E-state index is 14.4. The molecule has 0 spiro atoms. The predicted molar refractivity (Wildman–Crippen MR) is 120 cm³/mol. The SMILES string of the molecule is CC.COc1cc(-c2ccc(S(C)(=O)=O)cc2)c(-c2ccc(F)cc2)c(C(F)(F)P)n1. The molecule has 3 aromatic rings. The van der Waals surface area contributed by atoms with Gasteiger partial charge >= 0.3 is 5.66 Å². The van der Waals surface area contributed by atoms with E-state index in [1.807, 2.05) is 13.8 Å². The fourth-order valence-corrected chi connectivity index (χ4v) is 3.72. The topological polar surface area (TPSA) is 56.3 Å². The minimum Gasteiger partial charge on any atom is -0.481 e. The summed E-state index contributed by atoms with van der Waals surface area (Å²) in [6.45, 7) is 4.00. The number of methoxy groups -OCH3 is 1. The number of sulfone groups is 1. The van der Waals surface area contributed by atoms with Gasteiger partial charge in [-0.1, -0.05) is 47.4 Å². The number of aromatic nitrogens is 1. The van der Waals surface area contributed by atoms with E-state index in [-0.39, 0.29) is 16.3 Å². The third-order valence-corrected chi connectivity index (χ3v) is 5.65. The zero-order valence-corrected chi connectivity index (χ0v) is 19.5. The molecule has 9 heteroatoms. The highest BCUT2D eigenvalue weighted by atomic mass is 32.2. The van der Waals surface area contributed by atoms with Crippen LogP contribution in [0.25, 0.3) is 22.3 Å². The molecule has 0 aliphatic rings. The molecular weight excluding hydrogens is 446 g/mol. The van der Waals surface area contributed by atoms with Gasteiger partial charge in [-0.2, -0.15) is 8.78 Å². The summed E-state index contributed by atoms with van der Waals surface area (Å²) in [5, 5.41) is 0. The Balaban J connectivity index is 0.00000166. The first-order chi connectivity index (χ1) is 14.5. The molecule has 1 atom stereocenters. The highest BCUT2D eigenvalue weighted by Gasteiger charge is 2.33. The largest absolute Gasteiger partial charge is 0.481 e. The highest BCUT2D eigenvalue weighted by Crippen LogP contribution is 2.45. The molecule has 3 rings (SSSR count). The van der Waals surface area contributed by atoms with Gasteiger partial charge in [-0.15, -0.1) is 0 Å². The normalized spacial score (nSPS) is 11.5. The second-order valence-corrected chi connectivity index (χ2v) is 9.10. The Morgan fingerprint density at radius 3 is 1.94 bits per heavy atom. The van der Waals surface area contributed by atoms with E-state index in [0.717, 1.165) is 6.26 Å². The Morgan fingerprint density at radius 2 is 1.48 bits per heavy atom. The first kappa shape index (κ1) is 24.8. The van der Waals surface area contributed by atoms with E-state index in [9.17, 15) is 21.6 Å². The molecule has 1 heterocycles. The van der Waals surface area contributed by atoms with Gasteiger partial charge in [-0.3, -0.25) is 0 Å². The number of alkyl halides is 2. The van der Waals surface area contributed by atoms with Gasteiger partial charge in [0, 0.05) is 17.9 Å². The van der Waals surface area contributed by atoms with Gasteiger partial charge in [0.05, 0.1) is 12.0 Å². The van der Waals surface area contributed by atoms with E-state index < -0.39 is 27.0 Å². The third-order valence-electron chi connectivity index (χ3n) is 4.25. The number of pyridine rings is 1. The van der Waals surface area contributed by atoms with E-state index in [4.69, 9.17) is 4.74 Å². The first-order valence-electron chi connectivity index (χ1n) is 9.33. The minimum atomic E-state index is -3.42. The van der Waals surface area contributed by atoms with Gasteiger partial charge in [0.25, 0.3) is 0 Å². The van der Waals surface area contributed by atoms with Crippen LogP contribution in [0.1, 0.15) is 19.5 Å². The Kier molecular flexibility index (Phi) is 7.84. The van der Waals surface area contributed by atoms with Gasteiger partial charge < -0.3 is 4.74 Å². The van der Waals surface area contributed by atoms with Crippen LogP contribution < -0.4 is 4.74 Å². The van der Waals surface area contributed by atoms with Crippen LogP contribution in [0.15, 0.2) is 59.5 Å². The molecule has 0 amide bonds. The molecule has 0 saturated carbocycles. The van der Waals surface area contributed by atoms with Crippen LogP contribution in [0.2, 0.25) is 0 Å². The van der Waals surface area contributed by atoms with Crippen molar-refractivity contribution in [3.05, 3.63) is 66.1 Å². The van der Waals surface area contributed by atoms with Gasteiger partial charge in [-0.25, -0.2) is 17.8 Å².